The van der Waals surface area contributed by atoms with E-state index in [4.69, 9.17) is 14.2 Å². The van der Waals surface area contributed by atoms with E-state index in [2.05, 4.69) is 9.80 Å². The highest BCUT2D eigenvalue weighted by Crippen LogP contribution is 2.13. The minimum atomic E-state index is -0.791. The van der Waals surface area contributed by atoms with Gasteiger partial charge >= 0.3 is 5.97 Å². The van der Waals surface area contributed by atoms with Crippen molar-refractivity contribution in [3.8, 4) is 0 Å². The van der Waals surface area contributed by atoms with Crippen LogP contribution in [0.1, 0.15) is 30.1 Å². The Kier molecular flexibility index (Phi) is 11.3. The number of nitrogens with zero attached hydrogens (tertiary/aromatic N) is 3. The zero-order chi connectivity index (χ0) is 25.0. The van der Waals surface area contributed by atoms with Crippen molar-refractivity contribution in [3.63, 3.8) is 0 Å². The second-order valence-corrected chi connectivity index (χ2v) is 9.05. The molecule has 196 valence electrons. The first-order chi connectivity index (χ1) is 16.9. The van der Waals surface area contributed by atoms with Crippen LogP contribution in [0.15, 0.2) is 24.3 Å². The molecule has 0 spiro atoms. The summed E-state index contributed by atoms with van der Waals surface area (Å²) >= 11 is 0. The van der Waals surface area contributed by atoms with Gasteiger partial charge < -0.3 is 24.2 Å². The van der Waals surface area contributed by atoms with E-state index >= 15 is 0 Å². The van der Waals surface area contributed by atoms with Crippen LogP contribution in [-0.2, 0) is 19.0 Å². The lowest BCUT2D eigenvalue weighted by Crippen LogP contribution is -2.52. The molecule has 10 heteroatoms. The van der Waals surface area contributed by atoms with Gasteiger partial charge in [-0.05, 0) is 24.6 Å². The number of carbonyl (C=O) groups excluding carboxylic acids is 2. The third-order valence-corrected chi connectivity index (χ3v) is 6.16. The number of rotatable bonds is 12. The zero-order valence-corrected chi connectivity index (χ0v) is 20.6. The molecule has 1 aromatic rings. The molecule has 0 radical (unpaired) electrons. The van der Waals surface area contributed by atoms with Crippen molar-refractivity contribution in [2.24, 2.45) is 0 Å². The number of benzene rings is 1. The summed E-state index contributed by atoms with van der Waals surface area (Å²) in [5.41, 5.74) is 0.309. The monoisotopic (exact) mass is 495 g/mol. The second-order valence-electron chi connectivity index (χ2n) is 9.05. The summed E-state index contributed by atoms with van der Waals surface area (Å²) in [5.74, 6) is -0.989. The van der Waals surface area contributed by atoms with E-state index in [1.165, 1.54) is 18.2 Å². The maximum Gasteiger partial charge on any atom is 0.305 e. The molecule has 2 unspecified atom stereocenters. The summed E-state index contributed by atoms with van der Waals surface area (Å²) in [6, 6.07) is 5.74. The van der Waals surface area contributed by atoms with Crippen LogP contribution in [0.4, 0.5) is 4.39 Å². The molecular formula is C25H38FN3O6. The van der Waals surface area contributed by atoms with Crippen LogP contribution in [0.3, 0.4) is 0 Å². The van der Waals surface area contributed by atoms with Gasteiger partial charge in [-0.2, -0.15) is 0 Å². The van der Waals surface area contributed by atoms with Gasteiger partial charge in [-0.3, -0.25) is 19.4 Å². The minimum absolute atomic E-state index is 0.0371. The molecule has 3 rings (SSSR count). The van der Waals surface area contributed by atoms with Gasteiger partial charge in [-0.1, -0.05) is 13.0 Å². The fourth-order valence-corrected chi connectivity index (χ4v) is 4.29. The quantitative estimate of drug-likeness (QED) is 0.430. The van der Waals surface area contributed by atoms with Crippen LogP contribution in [0, 0.1) is 5.82 Å². The van der Waals surface area contributed by atoms with E-state index < -0.39 is 11.9 Å². The summed E-state index contributed by atoms with van der Waals surface area (Å²) in [6.07, 6.45) is 0.00398. The molecule has 2 atom stereocenters. The van der Waals surface area contributed by atoms with E-state index in [1.54, 1.807) is 11.0 Å². The predicted molar refractivity (Wildman–Crippen MR) is 128 cm³/mol. The van der Waals surface area contributed by atoms with Crippen LogP contribution >= 0.6 is 0 Å². The van der Waals surface area contributed by atoms with Crippen LogP contribution in [0.5, 0.6) is 0 Å². The molecule has 2 aliphatic rings. The Bertz CT molecular complexity index is 807. The molecule has 0 aliphatic carbocycles. The topological polar surface area (TPSA) is 91.8 Å². The van der Waals surface area contributed by atoms with Crippen molar-refractivity contribution < 1.29 is 33.3 Å². The first-order valence-electron chi connectivity index (χ1n) is 12.5. The van der Waals surface area contributed by atoms with Crippen molar-refractivity contribution in [3.05, 3.63) is 35.6 Å². The van der Waals surface area contributed by atoms with Crippen LogP contribution < -0.4 is 0 Å². The maximum absolute atomic E-state index is 13.8. The van der Waals surface area contributed by atoms with Gasteiger partial charge in [-0.25, -0.2) is 4.39 Å². The number of aliphatic hydroxyl groups excluding tert-OH is 1. The van der Waals surface area contributed by atoms with Gasteiger partial charge in [0.25, 0.3) is 5.91 Å². The number of amides is 1. The molecule has 1 N–H and O–H groups in total. The van der Waals surface area contributed by atoms with Crippen molar-refractivity contribution in [1.29, 1.82) is 0 Å². The van der Waals surface area contributed by atoms with Gasteiger partial charge in [-0.15, -0.1) is 0 Å². The fraction of sp³-hybridized carbons (Fsp3) is 0.680. The van der Waals surface area contributed by atoms with Crippen molar-refractivity contribution >= 4 is 11.9 Å². The average Bonchev–Trinajstić information content (AvgIpc) is 2.86. The molecule has 0 saturated carbocycles. The molecule has 0 bridgehead atoms. The molecule has 2 heterocycles. The standard InChI is InChI=1S/C25H38FN3O6/c1-2-4-24(31)35-19-22(30)16-28-11-14-34-23(17-28)18-29(8-7-27-9-12-33-13-10-27)25(32)20-5-3-6-21(26)15-20/h3,5-6,15,22-23,30H,2,4,7-14,16-19H2,1H3. The van der Waals surface area contributed by atoms with Crippen molar-refractivity contribution in [2.75, 3.05) is 78.8 Å². The molecule has 1 amide bonds. The van der Waals surface area contributed by atoms with E-state index in [1.807, 2.05) is 6.92 Å². The first kappa shape index (κ1) is 27.5. The molecule has 2 aliphatic heterocycles. The lowest BCUT2D eigenvalue weighted by Gasteiger charge is -2.37. The van der Waals surface area contributed by atoms with E-state index in [9.17, 15) is 19.1 Å². The highest BCUT2D eigenvalue weighted by molar-refractivity contribution is 5.94. The van der Waals surface area contributed by atoms with E-state index in [0.29, 0.717) is 77.5 Å². The Morgan fingerprint density at radius 1 is 1.23 bits per heavy atom. The van der Waals surface area contributed by atoms with Gasteiger partial charge in [0.05, 0.1) is 25.9 Å². The number of β-amino-alcohol motifs (C(OH)–C–C–N with tert-alkyl or cyclic N) is 1. The molecular weight excluding hydrogens is 457 g/mol. The number of ether oxygens (including phenoxy) is 3. The Hall–Kier alpha value is -2.11. The number of morpholine rings is 2. The van der Waals surface area contributed by atoms with Gasteiger partial charge in [0.1, 0.15) is 18.5 Å². The third-order valence-electron chi connectivity index (χ3n) is 6.16. The van der Waals surface area contributed by atoms with Crippen LogP contribution in [0.25, 0.3) is 0 Å². The van der Waals surface area contributed by atoms with Crippen molar-refractivity contribution in [1.82, 2.24) is 14.7 Å². The Morgan fingerprint density at radius 3 is 2.74 bits per heavy atom. The molecule has 9 nitrogen and oxygen atoms in total. The molecule has 35 heavy (non-hydrogen) atoms. The molecule has 1 aromatic carbocycles. The van der Waals surface area contributed by atoms with Crippen molar-refractivity contribution in [2.45, 2.75) is 32.0 Å². The van der Waals surface area contributed by atoms with E-state index in [0.717, 1.165) is 13.1 Å². The zero-order valence-electron chi connectivity index (χ0n) is 20.6. The largest absolute Gasteiger partial charge is 0.463 e. The lowest BCUT2D eigenvalue weighted by molar-refractivity contribution is -0.147. The summed E-state index contributed by atoms with van der Waals surface area (Å²) in [6.45, 7) is 8.39. The number of hydrogen-bond donors (Lipinski definition) is 1. The predicted octanol–water partition coefficient (Wildman–Crippen LogP) is 1.01. The van der Waals surface area contributed by atoms with Gasteiger partial charge in [0.2, 0.25) is 0 Å². The maximum atomic E-state index is 13.8. The minimum Gasteiger partial charge on any atom is -0.463 e. The smallest absolute Gasteiger partial charge is 0.305 e. The van der Waals surface area contributed by atoms with E-state index in [-0.39, 0.29) is 24.6 Å². The second kappa shape index (κ2) is 14.4. The number of carbonyl (C=O) groups is 2. The first-order valence-corrected chi connectivity index (χ1v) is 12.5. The third kappa shape index (κ3) is 9.46. The highest BCUT2D eigenvalue weighted by Gasteiger charge is 2.27. The normalized spacial score (nSPS) is 20.4. The Labute approximate surface area is 206 Å². The van der Waals surface area contributed by atoms with Gasteiger partial charge in [0.15, 0.2) is 0 Å². The fourth-order valence-electron chi connectivity index (χ4n) is 4.29. The Balaban J connectivity index is 1.56. The van der Waals surface area contributed by atoms with Crippen LogP contribution in [-0.4, -0.2) is 123 Å². The summed E-state index contributed by atoms with van der Waals surface area (Å²) in [5, 5.41) is 10.3. The summed E-state index contributed by atoms with van der Waals surface area (Å²) < 4.78 is 30.2. The van der Waals surface area contributed by atoms with Crippen LogP contribution in [0.2, 0.25) is 0 Å². The number of aliphatic hydroxyl groups is 1. The SMILES string of the molecule is CCCC(=O)OCC(O)CN1CCOC(CN(CCN2CCOCC2)C(=O)c2cccc(F)c2)C1. The Morgan fingerprint density at radius 2 is 2.00 bits per heavy atom. The average molecular weight is 496 g/mol. The molecule has 0 aromatic heterocycles. The summed E-state index contributed by atoms with van der Waals surface area (Å²) in [7, 11) is 0. The molecule has 2 saturated heterocycles. The summed E-state index contributed by atoms with van der Waals surface area (Å²) in [4.78, 5) is 30.8. The number of halogens is 1. The number of hydrogen-bond acceptors (Lipinski definition) is 8. The van der Waals surface area contributed by atoms with Gasteiger partial charge in [0, 0.05) is 64.3 Å². The molecule has 2 fully saturated rings. The number of esters is 1. The lowest BCUT2D eigenvalue weighted by atomic mass is 10.1. The highest BCUT2D eigenvalue weighted by atomic mass is 19.1.